The largest absolute Gasteiger partial charge is 0.439 e. The van der Waals surface area contributed by atoms with E-state index < -0.39 is 42.2 Å². The number of nitriles is 1. The highest BCUT2D eigenvalue weighted by Gasteiger charge is 2.45. The first-order valence-corrected chi connectivity index (χ1v) is 38.8. The van der Waals surface area contributed by atoms with Crippen LogP contribution in [0.4, 0.5) is 21.2 Å². The second-order valence-electron chi connectivity index (χ2n) is 29.2. The maximum Gasteiger partial charge on any atom is 0.411 e. The lowest BCUT2D eigenvalue weighted by Gasteiger charge is -2.34. The number of ketones is 1. The van der Waals surface area contributed by atoms with Gasteiger partial charge in [-0.1, -0.05) is 153 Å². The summed E-state index contributed by atoms with van der Waals surface area (Å²) in [4.78, 5) is 146. The number of benzene rings is 6. The Morgan fingerprint density at radius 3 is 2.14 bits per heavy atom. The first-order valence-electron chi connectivity index (χ1n) is 38.0. The third-order valence-corrected chi connectivity index (χ3v) is 22.7. The highest BCUT2D eigenvalue weighted by molar-refractivity contribution is 7.10. The SMILES string of the molecule is C=C1CCC(N2C[C@H](c3ccccc3)OC2=O)C(=O)N1.CC[C@@H](C)C(=O)NC1C(=O)N(Cc2c(C)ccc3ccccc23)c2ccc(C#N)cc2N(C(C)=O)[C@H]1C.CN[C@@H](C)C(=O)C[C@H](C(=O)N1CCC[C@H]1C(=O)Nc1snnc1-c1ccccc1)C1CCCCC1.Cn1c(=O)n(C2CCC(=O)NC2=O)c2ccccc21. The van der Waals surface area contributed by atoms with Crippen LogP contribution in [0.1, 0.15) is 152 Å². The molecule has 5 fully saturated rings. The van der Waals surface area contributed by atoms with E-state index in [4.69, 9.17) is 4.74 Å². The topological polar surface area (TPSA) is 330 Å². The number of likely N-dealkylation sites (tertiary alicyclic amines) is 1. The van der Waals surface area contributed by atoms with Crippen molar-refractivity contribution < 1.29 is 52.7 Å². The molecular formula is C84H96N14O12S. The molecule has 1 aliphatic carbocycles. The lowest BCUT2D eigenvalue weighted by Crippen LogP contribution is -2.58. The van der Waals surface area contributed by atoms with Gasteiger partial charge in [-0.25, -0.2) is 9.59 Å². The van der Waals surface area contributed by atoms with Crippen LogP contribution in [0.5, 0.6) is 0 Å². The zero-order chi connectivity index (χ0) is 79.3. The Morgan fingerprint density at radius 2 is 1.45 bits per heavy atom. The Morgan fingerprint density at radius 1 is 0.775 bits per heavy atom. The van der Waals surface area contributed by atoms with Crippen LogP contribution in [0.15, 0.2) is 157 Å². The maximum absolute atomic E-state index is 14.2. The number of rotatable bonds is 17. The Bertz CT molecular complexity index is 4930. The first kappa shape index (κ1) is 80.5. The van der Waals surface area contributed by atoms with E-state index in [0.29, 0.717) is 84.0 Å². The molecule has 14 rings (SSSR count). The molecule has 1 saturated carbocycles. The molecule has 27 heteroatoms. The number of likely N-dealkylation sites (N-methyl/N-ethyl adjacent to an activating group) is 1. The number of carbonyl (C=O) groups excluding carboxylic acids is 10. The summed E-state index contributed by atoms with van der Waals surface area (Å²) in [5.74, 6) is -2.32. The van der Waals surface area contributed by atoms with Crippen molar-refractivity contribution in [2.75, 3.05) is 35.3 Å². The van der Waals surface area contributed by atoms with E-state index in [1.165, 1.54) is 32.3 Å². The molecule has 5 aliphatic heterocycles. The van der Waals surface area contributed by atoms with Crippen molar-refractivity contribution >= 4 is 109 Å². The number of anilines is 3. The summed E-state index contributed by atoms with van der Waals surface area (Å²) in [7, 11) is 3.44. The van der Waals surface area contributed by atoms with Crippen LogP contribution in [-0.2, 0) is 61.5 Å². The van der Waals surface area contributed by atoms with Gasteiger partial charge in [0, 0.05) is 68.0 Å². The fraction of sp³-hybridized carbons (Fsp3) is 0.405. The Kier molecular flexibility index (Phi) is 26.4. The highest BCUT2D eigenvalue weighted by Crippen LogP contribution is 2.41. The van der Waals surface area contributed by atoms with Crippen molar-refractivity contribution in [1.82, 2.24) is 49.8 Å². The summed E-state index contributed by atoms with van der Waals surface area (Å²) < 4.78 is 12.4. The molecule has 4 saturated heterocycles. The Labute approximate surface area is 649 Å². The van der Waals surface area contributed by atoms with Crippen molar-refractivity contribution in [3.05, 3.63) is 185 Å². The molecule has 7 heterocycles. The Hall–Kier alpha value is -11.5. The van der Waals surface area contributed by atoms with Crippen molar-refractivity contribution in [1.29, 1.82) is 5.26 Å². The molecule has 0 bridgehead atoms. The molecule has 6 aromatic carbocycles. The van der Waals surface area contributed by atoms with Crippen LogP contribution in [0, 0.1) is 36.0 Å². The number of imidazole rings is 1. The van der Waals surface area contributed by atoms with E-state index in [1.54, 1.807) is 55.1 Å². The molecule has 0 radical (unpaired) electrons. The second-order valence-corrected chi connectivity index (χ2v) is 29.9. The number of imide groups is 1. The van der Waals surface area contributed by atoms with Gasteiger partial charge < -0.3 is 40.7 Å². The number of para-hydroxylation sites is 2. The normalized spacial score (nSPS) is 20.6. The van der Waals surface area contributed by atoms with Gasteiger partial charge in [0.15, 0.2) is 0 Å². The molecule has 2 aromatic heterocycles. The van der Waals surface area contributed by atoms with E-state index in [2.05, 4.69) is 54.9 Å². The standard InChI is InChI=1S/C30H32N4O3.C26H35N5O3S.C15H16N2O3.C13H13N3O3/c1-6-18(2)29(36)32-28-20(4)34(21(5)35)27-15-22(16-31)12-14-26(27)33(30(28)37)17-25-19(3)11-13-23-9-7-8-10-24(23)25;1-17(27-2)22(32)16-20(18-10-5-3-6-11-18)26(34)31-15-9-14-21(31)24(33)28-25-23(29-30-35-25)19-12-7-4-8-13-19;1-10-7-8-12(14(18)16-10)17-9-13(20-15(17)19)11-5-3-2-4-6-11;1-15-8-4-2-3-5-9(8)16(13(15)19)10-6-7-11(17)14-12(10)18/h7-15,18,20,28H,6,17H2,1-5H3,(H,32,36);4,7-8,12-13,17-18,20-21,27H,3,5-6,9-11,14-16H2,1-2H3,(H,28,33);2-6,12-13H,1,7-9H2,(H,16,18);2-5,10H,6-7H2,1H3,(H,14,17,18)/t18-,20+,28?;17-,20-,21-;12?,13-;/m101./s1. The second kappa shape index (κ2) is 36.3. The van der Waals surface area contributed by atoms with Gasteiger partial charge in [0.05, 0.1) is 59.2 Å². The fourth-order valence-electron chi connectivity index (χ4n) is 15.5. The molecule has 5 N–H and O–H groups in total. The zero-order valence-electron chi connectivity index (χ0n) is 63.9. The number of aromatic nitrogens is 4. The predicted molar refractivity (Wildman–Crippen MR) is 423 cm³/mol. The number of amides is 9. The number of carbonyl (C=O) groups is 10. The van der Waals surface area contributed by atoms with Gasteiger partial charge >= 0.3 is 11.8 Å². The number of piperidine rings is 2. The van der Waals surface area contributed by atoms with Crippen molar-refractivity contribution in [3.8, 4) is 17.3 Å². The smallest absolute Gasteiger partial charge is 0.411 e. The number of nitrogens with zero attached hydrogens (tertiary/aromatic N) is 9. The predicted octanol–water partition coefficient (Wildman–Crippen LogP) is 11.0. The van der Waals surface area contributed by atoms with Crippen molar-refractivity contribution in [2.45, 2.75) is 174 Å². The average Bonchev–Trinajstić information content (AvgIpc) is 1.60. The number of cyclic esters (lactones) is 1. The molecule has 9 atom stereocenters. The molecule has 8 aromatic rings. The van der Waals surface area contributed by atoms with Crippen molar-refractivity contribution in [3.63, 3.8) is 0 Å². The summed E-state index contributed by atoms with van der Waals surface area (Å²) in [6, 6.07) is 42.2. The molecular weight excluding hydrogens is 1430 g/mol. The molecule has 580 valence electrons. The zero-order valence-corrected chi connectivity index (χ0v) is 64.7. The first-order chi connectivity index (χ1) is 53.4. The number of ether oxygens (including phenoxy) is 1. The van der Waals surface area contributed by atoms with E-state index in [1.807, 2.05) is 137 Å². The minimum Gasteiger partial charge on any atom is -0.439 e. The summed E-state index contributed by atoms with van der Waals surface area (Å²) in [6.45, 7) is 15.7. The number of aryl methyl sites for hydroxylation is 2. The molecule has 0 spiro atoms. The van der Waals surface area contributed by atoms with E-state index >= 15 is 0 Å². The van der Waals surface area contributed by atoms with Gasteiger partial charge in [-0.05, 0) is 143 Å². The minimum absolute atomic E-state index is 0.0445. The summed E-state index contributed by atoms with van der Waals surface area (Å²) in [6.07, 6.45) is 8.72. The lowest BCUT2D eigenvalue weighted by atomic mass is 9.76. The fourth-order valence-corrected chi connectivity index (χ4v) is 16.1. The lowest BCUT2D eigenvalue weighted by molar-refractivity contribution is -0.144. The molecule has 6 aliphatic rings. The van der Waals surface area contributed by atoms with E-state index in [0.717, 1.165) is 82.2 Å². The third kappa shape index (κ3) is 18.2. The number of hydrogen-bond acceptors (Lipinski definition) is 17. The minimum atomic E-state index is -0.960. The van der Waals surface area contributed by atoms with Gasteiger partial charge in [-0.15, -0.1) is 5.10 Å². The van der Waals surface area contributed by atoms with Crippen LogP contribution < -0.4 is 42.1 Å². The van der Waals surface area contributed by atoms with Gasteiger partial charge in [-0.3, -0.25) is 62.5 Å². The van der Waals surface area contributed by atoms with E-state index in [-0.39, 0.29) is 102 Å². The number of fused-ring (bicyclic) bond motifs is 3. The molecule has 3 unspecified atom stereocenters. The van der Waals surface area contributed by atoms with Crippen LogP contribution in [-0.4, -0.2) is 138 Å². The quantitative estimate of drug-likeness (QED) is 0.0529. The molecule has 111 heavy (non-hydrogen) atoms. The number of allylic oxidation sites excluding steroid dienone is 1. The summed E-state index contributed by atoms with van der Waals surface area (Å²) in [5, 5.41) is 30.4. The van der Waals surface area contributed by atoms with Gasteiger partial charge in [-0.2, -0.15) is 5.26 Å². The van der Waals surface area contributed by atoms with Crippen LogP contribution >= 0.6 is 11.5 Å². The number of hydrogen-bond donors (Lipinski definition) is 5. The van der Waals surface area contributed by atoms with Crippen LogP contribution in [0.2, 0.25) is 0 Å². The molecule has 26 nitrogen and oxygen atoms in total. The average molecular weight is 1530 g/mol. The summed E-state index contributed by atoms with van der Waals surface area (Å²) >= 11 is 1.14. The molecule has 9 amide bonds. The Balaban J connectivity index is 0.000000152. The van der Waals surface area contributed by atoms with Crippen molar-refractivity contribution in [2.24, 2.45) is 24.8 Å². The number of nitrogens with one attached hydrogen (secondary N) is 5. The van der Waals surface area contributed by atoms with Crippen LogP contribution in [0.25, 0.3) is 33.1 Å². The monoisotopic (exact) mass is 1520 g/mol. The van der Waals surface area contributed by atoms with Gasteiger partial charge in [0.2, 0.25) is 41.4 Å². The summed E-state index contributed by atoms with van der Waals surface area (Å²) in [5.41, 5.74) is 7.81. The van der Waals surface area contributed by atoms with E-state index in [9.17, 15) is 58.0 Å². The third-order valence-electron chi connectivity index (χ3n) is 22.1. The van der Waals surface area contributed by atoms with Crippen LogP contribution in [0.3, 0.4) is 0 Å². The highest BCUT2D eigenvalue weighted by atomic mass is 32.1. The van der Waals surface area contributed by atoms with Gasteiger partial charge in [0.25, 0.3) is 5.91 Å². The maximum atomic E-state index is 14.2. The van der Waals surface area contributed by atoms with Gasteiger partial charge in [0.1, 0.15) is 46.7 Å². The number of Topliss-reactive ketones (excluding diaryl/α,β-unsaturated/α-hetero) is 1.